The molecule has 1 aromatic carbocycles. The molecule has 1 aliphatic carbocycles. The predicted octanol–water partition coefficient (Wildman–Crippen LogP) is 4.08. The summed E-state index contributed by atoms with van der Waals surface area (Å²) in [6.07, 6.45) is 8.48. The predicted molar refractivity (Wildman–Crippen MR) is 80.3 cm³/mol. The zero-order valence-electron chi connectivity index (χ0n) is 12.1. The molecule has 1 aliphatic rings. The van der Waals surface area contributed by atoms with Gasteiger partial charge >= 0.3 is 0 Å². The molecule has 106 valence electrons. The number of hydrogen-bond acceptors (Lipinski definition) is 2. The third kappa shape index (κ3) is 5.33. The highest BCUT2D eigenvalue weighted by atomic mass is 16.5. The Hall–Kier alpha value is -0.860. The van der Waals surface area contributed by atoms with Gasteiger partial charge in [-0.15, -0.1) is 0 Å². The molecule has 1 atom stereocenters. The van der Waals surface area contributed by atoms with E-state index in [1.165, 1.54) is 44.1 Å². The monoisotopic (exact) mass is 261 g/mol. The summed E-state index contributed by atoms with van der Waals surface area (Å²) in [7, 11) is 0. The van der Waals surface area contributed by atoms with Crippen molar-refractivity contribution in [2.45, 2.75) is 57.6 Å². The van der Waals surface area contributed by atoms with Crippen LogP contribution in [-0.4, -0.2) is 19.2 Å². The van der Waals surface area contributed by atoms with Crippen molar-refractivity contribution in [3.05, 3.63) is 35.9 Å². The van der Waals surface area contributed by atoms with E-state index in [1.807, 2.05) is 6.07 Å². The van der Waals surface area contributed by atoms with E-state index >= 15 is 0 Å². The van der Waals surface area contributed by atoms with E-state index in [9.17, 15) is 0 Å². The molecule has 1 aromatic rings. The molecule has 0 spiro atoms. The van der Waals surface area contributed by atoms with Crippen LogP contribution >= 0.6 is 0 Å². The van der Waals surface area contributed by atoms with Gasteiger partial charge in [0.1, 0.15) is 0 Å². The van der Waals surface area contributed by atoms with Gasteiger partial charge in [-0.1, -0.05) is 56.0 Å². The summed E-state index contributed by atoms with van der Waals surface area (Å²) >= 11 is 0. The molecule has 0 bridgehead atoms. The Labute approximate surface area is 117 Å². The van der Waals surface area contributed by atoms with Crippen LogP contribution in [0.5, 0.6) is 0 Å². The minimum atomic E-state index is 0.192. The number of rotatable bonds is 6. The van der Waals surface area contributed by atoms with Gasteiger partial charge in [-0.3, -0.25) is 0 Å². The van der Waals surface area contributed by atoms with Crippen LogP contribution in [-0.2, 0) is 4.74 Å². The first kappa shape index (κ1) is 14.5. The van der Waals surface area contributed by atoms with E-state index in [1.54, 1.807) is 0 Å². The Kier molecular flexibility index (Phi) is 6.38. The molecule has 0 aromatic heterocycles. The average molecular weight is 261 g/mol. The second-order valence-corrected chi connectivity index (χ2v) is 5.57. The van der Waals surface area contributed by atoms with Crippen LogP contribution in [0.1, 0.15) is 57.1 Å². The average Bonchev–Trinajstić information content (AvgIpc) is 2.73. The highest BCUT2D eigenvalue weighted by molar-refractivity contribution is 5.16. The van der Waals surface area contributed by atoms with Crippen molar-refractivity contribution in [3.63, 3.8) is 0 Å². The number of hydrogen-bond donors (Lipinski definition) is 1. The third-order valence-corrected chi connectivity index (χ3v) is 4.03. The first-order valence-corrected chi connectivity index (χ1v) is 7.76. The number of ether oxygens (including phenoxy) is 1. The minimum absolute atomic E-state index is 0.192. The van der Waals surface area contributed by atoms with E-state index < -0.39 is 0 Å². The van der Waals surface area contributed by atoms with Crippen LogP contribution in [0, 0.1) is 0 Å². The van der Waals surface area contributed by atoms with E-state index in [0.29, 0.717) is 0 Å². The molecule has 0 aliphatic heterocycles. The van der Waals surface area contributed by atoms with Crippen LogP contribution in [0.25, 0.3) is 0 Å². The highest BCUT2D eigenvalue weighted by Crippen LogP contribution is 2.17. The summed E-state index contributed by atoms with van der Waals surface area (Å²) in [6, 6.07) is 11.2. The first-order chi connectivity index (χ1) is 9.36. The molecule has 0 amide bonds. The molecule has 1 N–H and O–H groups in total. The molecule has 0 saturated heterocycles. The second kappa shape index (κ2) is 8.34. The summed E-state index contributed by atoms with van der Waals surface area (Å²) in [5.41, 5.74) is 1.26. The molecular weight excluding hydrogens is 234 g/mol. The molecule has 2 heteroatoms. The summed E-state index contributed by atoms with van der Waals surface area (Å²) in [4.78, 5) is 0. The van der Waals surface area contributed by atoms with Gasteiger partial charge in [-0.25, -0.2) is 0 Å². The largest absolute Gasteiger partial charge is 0.373 e. The third-order valence-electron chi connectivity index (χ3n) is 4.03. The van der Waals surface area contributed by atoms with E-state index in [-0.39, 0.29) is 6.10 Å². The first-order valence-electron chi connectivity index (χ1n) is 7.76. The fourth-order valence-corrected chi connectivity index (χ4v) is 2.80. The van der Waals surface area contributed by atoms with Crippen molar-refractivity contribution in [1.29, 1.82) is 0 Å². The summed E-state index contributed by atoms with van der Waals surface area (Å²) < 4.78 is 5.89. The lowest BCUT2D eigenvalue weighted by Crippen LogP contribution is -2.31. The van der Waals surface area contributed by atoms with Crippen LogP contribution in [0.2, 0.25) is 0 Å². The van der Waals surface area contributed by atoms with Gasteiger partial charge in [0.2, 0.25) is 0 Å². The van der Waals surface area contributed by atoms with E-state index in [0.717, 1.165) is 19.2 Å². The van der Waals surface area contributed by atoms with E-state index in [2.05, 4.69) is 36.5 Å². The molecule has 2 nitrogen and oxygen atoms in total. The highest BCUT2D eigenvalue weighted by Gasteiger charge is 2.11. The second-order valence-electron chi connectivity index (χ2n) is 5.57. The Balaban J connectivity index is 1.61. The number of nitrogens with one attached hydrogen (secondary N) is 1. The maximum atomic E-state index is 5.89. The Morgan fingerprint density at radius 1 is 1.11 bits per heavy atom. The summed E-state index contributed by atoms with van der Waals surface area (Å²) in [6.45, 7) is 3.90. The molecule has 2 rings (SSSR count). The van der Waals surface area contributed by atoms with Crippen LogP contribution in [0.4, 0.5) is 0 Å². The van der Waals surface area contributed by atoms with Gasteiger partial charge in [-0.05, 0) is 25.3 Å². The summed E-state index contributed by atoms with van der Waals surface area (Å²) in [5.74, 6) is 0. The maximum absolute atomic E-state index is 5.89. The van der Waals surface area contributed by atoms with Crippen molar-refractivity contribution < 1.29 is 4.74 Å². The quantitative estimate of drug-likeness (QED) is 0.615. The fraction of sp³-hybridized carbons (Fsp3) is 0.647. The van der Waals surface area contributed by atoms with Gasteiger partial charge in [0, 0.05) is 12.6 Å². The van der Waals surface area contributed by atoms with Crippen LogP contribution in [0.3, 0.4) is 0 Å². The lowest BCUT2D eigenvalue weighted by atomic mass is 10.1. The molecule has 19 heavy (non-hydrogen) atoms. The normalized spacial score (nSPS) is 19.0. The Bertz CT molecular complexity index is 330. The molecule has 0 radical (unpaired) electrons. The fourth-order valence-electron chi connectivity index (χ4n) is 2.80. The van der Waals surface area contributed by atoms with Gasteiger partial charge < -0.3 is 10.1 Å². The standard InChI is InChI=1S/C17H27NO/c1-15(16-9-5-4-6-10-16)19-14-13-18-17-11-7-2-3-8-12-17/h4-6,9-10,15,17-18H,2-3,7-8,11-14H2,1H3. The van der Waals surface area contributed by atoms with Crippen molar-refractivity contribution in [3.8, 4) is 0 Å². The molecule has 1 saturated carbocycles. The lowest BCUT2D eigenvalue weighted by molar-refractivity contribution is 0.0661. The van der Waals surface area contributed by atoms with E-state index in [4.69, 9.17) is 4.74 Å². The lowest BCUT2D eigenvalue weighted by Gasteiger charge is -2.18. The molecule has 1 fully saturated rings. The molecule has 0 heterocycles. The number of benzene rings is 1. The zero-order chi connectivity index (χ0) is 13.3. The SMILES string of the molecule is CC(OCCNC1CCCCCC1)c1ccccc1. The Morgan fingerprint density at radius 2 is 1.79 bits per heavy atom. The van der Waals surface area contributed by atoms with Crippen molar-refractivity contribution in [2.24, 2.45) is 0 Å². The van der Waals surface area contributed by atoms with Crippen LogP contribution in [0.15, 0.2) is 30.3 Å². The van der Waals surface area contributed by atoms with Crippen LogP contribution < -0.4 is 5.32 Å². The van der Waals surface area contributed by atoms with Crippen molar-refractivity contribution in [1.82, 2.24) is 5.32 Å². The maximum Gasteiger partial charge on any atom is 0.0797 e. The zero-order valence-corrected chi connectivity index (χ0v) is 12.1. The molecule has 1 unspecified atom stereocenters. The van der Waals surface area contributed by atoms with Crippen molar-refractivity contribution >= 4 is 0 Å². The van der Waals surface area contributed by atoms with Gasteiger partial charge in [0.25, 0.3) is 0 Å². The molecular formula is C17H27NO. The minimum Gasteiger partial charge on any atom is -0.373 e. The Morgan fingerprint density at radius 3 is 2.47 bits per heavy atom. The summed E-state index contributed by atoms with van der Waals surface area (Å²) in [5, 5.41) is 3.64. The van der Waals surface area contributed by atoms with Gasteiger partial charge in [-0.2, -0.15) is 0 Å². The topological polar surface area (TPSA) is 21.3 Å². The smallest absolute Gasteiger partial charge is 0.0797 e. The van der Waals surface area contributed by atoms with Crippen molar-refractivity contribution in [2.75, 3.05) is 13.2 Å². The van der Waals surface area contributed by atoms with Gasteiger partial charge in [0.15, 0.2) is 0 Å². The van der Waals surface area contributed by atoms with Gasteiger partial charge in [0.05, 0.1) is 12.7 Å².